The Kier molecular flexibility index (Phi) is 11.3. The summed E-state index contributed by atoms with van der Waals surface area (Å²) in [6.07, 6.45) is 14.5. The number of unbranched alkanes of at least 4 members (excludes halogenated alkanes) is 5. The number of hydrogen-bond acceptors (Lipinski definition) is 0. The number of quaternary nitrogens is 1. The van der Waals surface area contributed by atoms with Gasteiger partial charge in [-0.25, -0.2) is 0 Å². The maximum atomic E-state index is 2.34. The summed E-state index contributed by atoms with van der Waals surface area (Å²) in [5, 5.41) is 0. The van der Waals surface area contributed by atoms with Crippen molar-refractivity contribution in [1.29, 1.82) is 0 Å². The van der Waals surface area contributed by atoms with Crippen LogP contribution in [0.15, 0.2) is 0 Å². The quantitative estimate of drug-likeness (QED) is 0.444. The Bertz CT molecular complexity index is 176. The summed E-state index contributed by atoms with van der Waals surface area (Å²) in [5.41, 5.74) is 0. The van der Waals surface area contributed by atoms with Crippen LogP contribution in [0.5, 0.6) is 0 Å². The van der Waals surface area contributed by atoms with Gasteiger partial charge < -0.3 is 16.9 Å². The summed E-state index contributed by atoms with van der Waals surface area (Å²) in [6, 6.07) is 0. The summed E-state index contributed by atoms with van der Waals surface area (Å²) in [4.78, 5) is 0. The van der Waals surface area contributed by atoms with Gasteiger partial charge in [-0.05, 0) is 38.5 Å². The Morgan fingerprint density at radius 3 is 1.83 bits per heavy atom. The standard InChI is InChI=1S/C16H34N.ClH/c1-3-5-7-8-10-14-17(13-6-4-2)15-11-9-12-16-17;/h3-16H2,1-2H3;1H/q+1;/p-1. The van der Waals surface area contributed by atoms with Gasteiger partial charge in [-0.15, -0.1) is 0 Å². The van der Waals surface area contributed by atoms with Crippen LogP contribution in [0.1, 0.15) is 78.1 Å². The fourth-order valence-electron chi connectivity index (χ4n) is 3.29. The summed E-state index contributed by atoms with van der Waals surface area (Å²) in [5.74, 6) is 0. The van der Waals surface area contributed by atoms with E-state index in [2.05, 4.69) is 13.8 Å². The Labute approximate surface area is 121 Å². The van der Waals surface area contributed by atoms with Gasteiger partial charge >= 0.3 is 0 Å². The summed E-state index contributed by atoms with van der Waals surface area (Å²) < 4.78 is 1.47. The fourth-order valence-corrected chi connectivity index (χ4v) is 3.29. The summed E-state index contributed by atoms with van der Waals surface area (Å²) in [7, 11) is 0. The van der Waals surface area contributed by atoms with E-state index in [1.165, 1.54) is 94.9 Å². The predicted octanol–water partition coefficient (Wildman–Crippen LogP) is 1.76. The second kappa shape index (κ2) is 11.1. The number of halogens is 1. The normalized spacial score (nSPS) is 18.3. The Balaban J connectivity index is 0.00000289. The van der Waals surface area contributed by atoms with Crippen molar-refractivity contribution in [2.45, 2.75) is 78.1 Å². The highest BCUT2D eigenvalue weighted by molar-refractivity contribution is 4.55. The van der Waals surface area contributed by atoms with Crippen molar-refractivity contribution < 1.29 is 16.9 Å². The van der Waals surface area contributed by atoms with Crippen LogP contribution in [0.2, 0.25) is 0 Å². The third kappa shape index (κ3) is 6.99. The van der Waals surface area contributed by atoms with Crippen molar-refractivity contribution in [2.75, 3.05) is 26.2 Å². The summed E-state index contributed by atoms with van der Waals surface area (Å²) in [6.45, 7) is 10.5. The molecule has 0 unspecified atom stereocenters. The molecule has 2 heteroatoms. The Morgan fingerprint density at radius 2 is 1.22 bits per heavy atom. The highest BCUT2D eigenvalue weighted by Gasteiger charge is 2.28. The van der Waals surface area contributed by atoms with E-state index < -0.39 is 0 Å². The third-order valence-corrected chi connectivity index (χ3v) is 4.49. The lowest BCUT2D eigenvalue weighted by molar-refractivity contribution is -0.932. The van der Waals surface area contributed by atoms with Crippen LogP contribution >= 0.6 is 0 Å². The first kappa shape index (κ1) is 18.2. The number of rotatable bonds is 9. The molecule has 0 amide bonds. The van der Waals surface area contributed by atoms with Crippen LogP contribution in [0.4, 0.5) is 0 Å². The van der Waals surface area contributed by atoms with Gasteiger partial charge in [-0.2, -0.15) is 0 Å². The SMILES string of the molecule is CCCCCCC[N+]1(CCCC)CCCCC1.[Cl-]. The third-order valence-electron chi connectivity index (χ3n) is 4.49. The average molecular weight is 276 g/mol. The Morgan fingerprint density at radius 1 is 0.667 bits per heavy atom. The van der Waals surface area contributed by atoms with E-state index in [4.69, 9.17) is 0 Å². The molecule has 0 radical (unpaired) electrons. The summed E-state index contributed by atoms with van der Waals surface area (Å²) >= 11 is 0. The topological polar surface area (TPSA) is 0 Å². The minimum atomic E-state index is 0. The van der Waals surface area contributed by atoms with E-state index in [1.807, 2.05) is 0 Å². The van der Waals surface area contributed by atoms with Crippen molar-refractivity contribution in [3.8, 4) is 0 Å². The van der Waals surface area contributed by atoms with Gasteiger partial charge in [0.1, 0.15) is 0 Å². The second-order valence-electron chi connectivity index (χ2n) is 6.06. The molecule has 0 aliphatic carbocycles. The van der Waals surface area contributed by atoms with Crippen LogP contribution < -0.4 is 12.4 Å². The van der Waals surface area contributed by atoms with E-state index in [1.54, 1.807) is 0 Å². The van der Waals surface area contributed by atoms with Crippen molar-refractivity contribution in [3.63, 3.8) is 0 Å². The van der Waals surface area contributed by atoms with Crippen LogP contribution in [0, 0.1) is 0 Å². The van der Waals surface area contributed by atoms with E-state index in [-0.39, 0.29) is 12.4 Å². The van der Waals surface area contributed by atoms with Gasteiger partial charge in [0.25, 0.3) is 0 Å². The van der Waals surface area contributed by atoms with Crippen LogP contribution in [0.3, 0.4) is 0 Å². The molecule has 1 fully saturated rings. The highest BCUT2D eigenvalue weighted by Crippen LogP contribution is 2.21. The minimum Gasteiger partial charge on any atom is -1.00 e. The van der Waals surface area contributed by atoms with E-state index >= 15 is 0 Å². The van der Waals surface area contributed by atoms with E-state index in [0.29, 0.717) is 0 Å². The molecule has 0 aromatic rings. The first-order chi connectivity index (χ1) is 8.33. The maximum Gasteiger partial charge on any atom is 0.0786 e. The number of likely N-dealkylation sites (tertiary alicyclic amines) is 1. The lowest BCUT2D eigenvalue weighted by atomic mass is 10.0. The molecule has 0 atom stereocenters. The molecule has 110 valence electrons. The van der Waals surface area contributed by atoms with Gasteiger partial charge in [0.2, 0.25) is 0 Å². The lowest BCUT2D eigenvalue weighted by Crippen LogP contribution is -3.00. The molecule has 0 spiro atoms. The van der Waals surface area contributed by atoms with Crippen molar-refractivity contribution in [3.05, 3.63) is 0 Å². The zero-order chi connectivity index (χ0) is 12.4. The minimum absolute atomic E-state index is 0. The van der Waals surface area contributed by atoms with Crippen LogP contribution in [0.25, 0.3) is 0 Å². The van der Waals surface area contributed by atoms with Crippen molar-refractivity contribution in [1.82, 2.24) is 0 Å². The predicted molar refractivity (Wildman–Crippen MR) is 77.2 cm³/mol. The fraction of sp³-hybridized carbons (Fsp3) is 1.00. The van der Waals surface area contributed by atoms with Crippen molar-refractivity contribution >= 4 is 0 Å². The molecule has 0 N–H and O–H groups in total. The van der Waals surface area contributed by atoms with Gasteiger partial charge in [-0.3, -0.25) is 0 Å². The first-order valence-electron chi connectivity index (χ1n) is 8.18. The largest absolute Gasteiger partial charge is 1.00 e. The zero-order valence-electron chi connectivity index (χ0n) is 12.7. The molecular weight excluding hydrogens is 242 g/mol. The zero-order valence-corrected chi connectivity index (χ0v) is 13.5. The molecular formula is C16H34ClN. The molecule has 1 nitrogen and oxygen atoms in total. The van der Waals surface area contributed by atoms with E-state index in [9.17, 15) is 0 Å². The molecule has 1 heterocycles. The molecule has 18 heavy (non-hydrogen) atoms. The van der Waals surface area contributed by atoms with Gasteiger partial charge in [-0.1, -0.05) is 39.5 Å². The number of hydrogen-bond donors (Lipinski definition) is 0. The molecule has 0 aromatic heterocycles. The van der Waals surface area contributed by atoms with Gasteiger partial charge in [0.05, 0.1) is 26.2 Å². The monoisotopic (exact) mass is 275 g/mol. The van der Waals surface area contributed by atoms with Gasteiger partial charge in [0.15, 0.2) is 0 Å². The maximum absolute atomic E-state index is 2.34. The van der Waals surface area contributed by atoms with Crippen LogP contribution in [-0.2, 0) is 0 Å². The average Bonchev–Trinajstić information content (AvgIpc) is 2.37. The van der Waals surface area contributed by atoms with E-state index in [0.717, 1.165) is 0 Å². The first-order valence-corrected chi connectivity index (χ1v) is 8.18. The van der Waals surface area contributed by atoms with Gasteiger partial charge in [0, 0.05) is 0 Å². The highest BCUT2D eigenvalue weighted by atomic mass is 35.5. The molecule has 0 saturated carbocycles. The number of nitrogens with zero attached hydrogens (tertiary/aromatic N) is 1. The molecule has 1 saturated heterocycles. The molecule has 1 aliphatic rings. The molecule has 0 aromatic carbocycles. The Hall–Kier alpha value is 0.250. The number of piperidine rings is 1. The van der Waals surface area contributed by atoms with Crippen LogP contribution in [-0.4, -0.2) is 30.7 Å². The lowest BCUT2D eigenvalue weighted by Gasteiger charge is -2.42. The molecule has 1 aliphatic heterocycles. The molecule has 0 bridgehead atoms. The smallest absolute Gasteiger partial charge is 0.0786 e. The molecule has 1 rings (SSSR count). The second-order valence-corrected chi connectivity index (χ2v) is 6.06. The van der Waals surface area contributed by atoms with Crippen molar-refractivity contribution in [2.24, 2.45) is 0 Å².